The van der Waals surface area contributed by atoms with Crippen LogP contribution in [0.25, 0.3) is 11.0 Å². The van der Waals surface area contributed by atoms with Gasteiger partial charge in [0.25, 0.3) is 0 Å². The molecule has 3 heterocycles. The molecule has 1 aliphatic heterocycles. The van der Waals surface area contributed by atoms with E-state index in [-0.39, 0.29) is 17.8 Å². The van der Waals surface area contributed by atoms with E-state index >= 15 is 0 Å². The van der Waals surface area contributed by atoms with Crippen LogP contribution in [-0.4, -0.2) is 39.8 Å². The number of hydrogen-bond donors (Lipinski definition) is 2. The highest BCUT2D eigenvalue weighted by Gasteiger charge is 2.38. The SMILES string of the molecule is OC[C@@]1(Cc2ccc(F)cc2)CCN(c2ncnc3[nH]ccc23)C1. The van der Waals surface area contributed by atoms with E-state index in [1.165, 1.54) is 12.1 Å². The number of aromatic nitrogens is 3. The topological polar surface area (TPSA) is 65.0 Å². The fourth-order valence-corrected chi connectivity index (χ4v) is 3.59. The fraction of sp³-hybridized carbons (Fsp3) is 0.333. The van der Waals surface area contributed by atoms with Crippen molar-refractivity contribution in [2.45, 2.75) is 12.8 Å². The highest BCUT2D eigenvalue weighted by atomic mass is 19.1. The molecule has 5 nitrogen and oxygen atoms in total. The minimum absolute atomic E-state index is 0.0994. The minimum atomic E-state index is -0.235. The molecule has 6 heteroatoms. The molecule has 0 spiro atoms. The summed E-state index contributed by atoms with van der Waals surface area (Å²) in [6.07, 6.45) is 5.02. The summed E-state index contributed by atoms with van der Waals surface area (Å²) in [6.45, 7) is 1.65. The number of hydrogen-bond acceptors (Lipinski definition) is 4. The van der Waals surface area contributed by atoms with Gasteiger partial charge in [-0.2, -0.15) is 0 Å². The monoisotopic (exact) mass is 326 g/mol. The van der Waals surface area contributed by atoms with Gasteiger partial charge >= 0.3 is 0 Å². The van der Waals surface area contributed by atoms with E-state index in [1.807, 2.05) is 12.3 Å². The van der Waals surface area contributed by atoms with Gasteiger partial charge in [0, 0.05) is 24.7 Å². The Balaban J connectivity index is 1.59. The Kier molecular flexibility index (Phi) is 3.69. The maximum Gasteiger partial charge on any atom is 0.142 e. The Hall–Kier alpha value is -2.47. The quantitative estimate of drug-likeness (QED) is 0.773. The number of aliphatic hydroxyl groups is 1. The number of fused-ring (bicyclic) bond motifs is 1. The number of aromatic amines is 1. The van der Waals surface area contributed by atoms with Gasteiger partial charge in [-0.1, -0.05) is 12.1 Å². The summed E-state index contributed by atoms with van der Waals surface area (Å²) in [5.74, 6) is 0.663. The third-order valence-corrected chi connectivity index (χ3v) is 4.90. The van der Waals surface area contributed by atoms with Gasteiger partial charge in [0.15, 0.2) is 0 Å². The molecule has 1 aliphatic rings. The van der Waals surface area contributed by atoms with Crippen LogP contribution in [0.1, 0.15) is 12.0 Å². The second kappa shape index (κ2) is 5.87. The predicted molar refractivity (Wildman–Crippen MR) is 90.3 cm³/mol. The van der Waals surface area contributed by atoms with E-state index in [0.29, 0.717) is 0 Å². The van der Waals surface area contributed by atoms with Gasteiger partial charge < -0.3 is 15.0 Å². The lowest BCUT2D eigenvalue weighted by molar-refractivity contribution is 0.144. The summed E-state index contributed by atoms with van der Waals surface area (Å²) < 4.78 is 13.1. The van der Waals surface area contributed by atoms with E-state index in [2.05, 4.69) is 19.9 Å². The summed E-state index contributed by atoms with van der Waals surface area (Å²) in [6, 6.07) is 8.51. The number of anilines is 1. The van der Waals surface area contributed by atoms with Gasteiger partial charge in [-0.15, -0.1) is 0 Å². The zero-order valence-electron chi connectivity index (χ0n) is 13.2. The lowest BCUT2D eigenvalue weighted by atomic mass is 9.81. The van der Waals surface area contributed by atoms with Gasteiger partial charge in [0.05, 0.1) is 12.0 Å². The van der Waals surface area contributed by atoms with Gasteiger partial charge in [0.2, 0.25) is 0 Å². The lowest BCUT2D eigenvalue weighted by Crippen LogP contribution is -2.33. The molecule has 24 heavy (non-hydrogen) atoms. The first-order valence-electron chi connectivity index (χ1n) is 8.07. The highest BCUT2D eigenvalue weighted by Crippen LogP contribution is 2.37. The summed E-state index contributed by atoms with van der Waals surface area (Å²) in [5, 5.41) is 11.0. The van der Waals surface area contributed by atoms with Crippen molar-refractivity contribution in [2.75, 3.05) is 24.6 Å². The smallest absolute Gasteiger partial charge is 0.142 e. The summed E-state index contributed by atoms with van der Waals surface area (Å²) in [5.41, 5.74) is 1.63. The van der Waals surface area contributed by atoms with Gasteiger partial charge in [-0.3, -0.25) is 0 Å². The third kappa shape index (κ3) is 2.63. The number of halogens is 1. The van der Waals surface area contributed by atoms with E-state index in [4.69, 9.17) is 0 Å². The van der Waals surface area contributed by atoms with Crippen LogP contribution in [0.2, 0.25) is 0 Å². The van der Waals surface area contributed by atoms with Crippen LogP contribution < -0.4 is 4.90 Å². The molecule has 2 N–H and O–H groups in total. The minimum Gasteiger partial charge on any atom is -0.396 e. The van der Waals surface area contributed by atoms with Crippen LogP contribution in [0.4, 0.5) is 10.2 Å². The molecule has 1 atom stereocenters. The number of H-pyrrole nitrogens is 1. The Bertz CT molecular complexity index is 848. The van der Waals surface area contributed by atoms with E-state index in [9.17, 15) is 9.50 Å². The summed E-state index contributed by atoms with van der Waals surface area (Å²) >= 11 is 0. The molecule has 0 unspecified atom stereocenters. The fourth-order valence-electron chi connectivity index (χ4n) is 3.59. The Labute approximate surface area is 139 Å². The molecule has 0 amide bonds. The molecular formula is C18H19FN4O. The molecule has 0 saturated carbocycles. The lowest BCUT2D eigenvalue weighted by Gasteiger charge is -2.27. The van der Waals surface area contributed by atoms with Crippen molar-refractivity contribution >= 4 is 16.9 Å². The molecule has 0 aliphatic carbocycles. The molecular weight excluding hydrogens is 307 g/mol. The number of aliphatic hydroxyl groups excluding tert-OH is 1. The number of benzene rings is 1. The molecule has 0 bridgehead atoms. The maximum absolute atomic E-state index is 13.1. The van der Waals surface area contributed by atoms with Gasteiger partial charge in [-0.25, -0.2) is 14.4 Å². The zero-order chi connectivity index (χ0) is 16.6. The highest BCUT2D eigenvalue weighted by molar-refractivity contribution is 5.87. The van der Waals surface area contributed by atoms with Gasteiger partial charge in [-0.05, 0) is 36.6 Å². The maximum atomic E-state index is 13.1. The van der Waals surface area contributed by atoms with Crippen molar-refractivity contribution < 1.29 is 9.50 Å². The molecule has 2 aromatic heterocycles. The average molecular weight is 326 g/mol. The molecule has 0 radical (unpaired) electrons. The molecule has 1 aromatic carbocycles. The van der Waals surface area contributed by atoms with Gasteiger partial charge in [0.1, 0.15) is 23.6 Å². The first-order valence-corrected chi connectivity index (χ1v) is 8.07. The molecule has 1 fully saturated rings. The van der Waals surface area contributed by atoms with Crippen molar-refractivity contribution in [3.8, 4) is 0 Å². The molecule has 4 rings (SSSR count). The third-order valence-electron chi connectivity index (χ3n) is 4.90. The molecule has 1 saturated heterocycles. The second-order valence-corrected chi connectivity index (χ2v) is 6.57. The zero-order valence-corrected chi connectivity index (χ0v) is 13.2. The summed E-state index contributed by atoms with van der Waals surface area (Å²) in [4.78, 5) is 14.0. The summed E-state index contributed by atoms with van der Waals surface area (Å²) in [7, 11) is 0. The van der Waals surface area contributed by atoms with Crippen LogP contribution in [0.3, 0.4) is 0 Å². The predicted octanol–water partition coefficient (Wildman–Crippen LogP) is 2.53. The van der Waals surface area contributed by atoms with Crippen molar-refractivity contribution in [3.05, 3.63) is 54.2 Å². The standard InChI is InChI=1S/C18H19FN4O/c19-14-3-1-13(2-4-14)9-18(11-24)6-8-23(10-18)17-15-5-7-20-16(15)21-12-22-17/h1-5,7,12,24H,6,8-11H2,(H,20,21,22)/t18-/m1/s1. The number of rotatable bonds is 4. The Morgan fingerprint density at radius 1 is 1.21 bits per heavy atom. The van der Waals surface area contributed by atoms with Crippen molar-refractivity contribution in [2.24, 2.45) is 5.41 Å². The van der Waals surface area contributed by atoms with Crippen LogP contribution in [0.15, 0.2) is 42.9 Å². The Morgan fingerprint density at radius 2 is 2.04 bits per heavy atom. The average Bonchev–Trinajstić information content (AvgIpc) is 3.24. The normalized spacial score (nSPS) is 20.8. The first-order chi connectivity index (χ1) is 11.7. The van der Waals surface area contributed by atoms with E-state index in [1.54, 1.807) is 18.5 Å². The van der Waals surface area contributed by atoms with Crippen LogP contribution >= 0.6 is 0 Å². The number of nitrogens with one attached hydrogen (secondary N) is 1. The first kappa shape index (κ1) is 15.1. The van der Waals surface area contributed by atoms with E-state index in [0.717, 1.165) is 48.3 Å². The van der Waals surface area contributed by atoms with E-state index < -0.39 is 0 Å². The van der Waals surface area contributed by atoms with Crippen molar-refractivity contribution in [1.29, 1.82) is 0 Å². The second-order valence-electron chi connectivity index (χ2n) is 6.57. The van der Waals surface area contributed by atoms with Crippen LogP contribution in [-0.2, 0) is 6.42 Å². The largest absolute Gasteiger partial charge is 0.396 e. The Morgan fingerprint density at radius 3 is 2.83 bits per heavy atom. The number of nitrogens with zero attached hydrogens (tertiary/aromatic N) is 3. The van der Waals surface area contributed by atoms with Crippen LogP contribution in [0.5, 0.6) is 0 Å². The molecule has 3 aromatic rings. The molecule has 124 valence electrons. The van der Waals surface area contributed by atoms with Crippen molar-refractivity contribution in [1.82, 2.24) is 15.0 Å². The van der Waals surface area contributed by atoms with Crippen LogP contribution in [0, 0.1) is 11.2 Å². The van der Waals surface area contributed by atoms with Crippen molar-refractivity contribution in [3.63, 3.8) is 0 Å².